The van der Waals surface area contributed by atoms with Crippen LogP contribution in [-0.4, -0.2) is 39.4 Å². The van der Waals surface area contributed by atoms with Crippen LogP contribution in [0.5, 0.6) is 0 Å². The second-order valence-electron chi connectivity index (χ2n) is 6.26. The predicted molar refractivity (Wildman–Crippen MR) is 74.3 cm³/mol. The Morgan fingerprint density at radius 3 is 1.72 bits per heavy atom. The number of nitrogens with zero attached hydrogens (tertiary/aromatic N) is 1. The maximum absolute atomic E-state index is 9.94. The highest BCUT2D eigenvalue weighted by Crippen LogP contribution is 2.14. The fourth-order valence-corrected chi connectivity index (χ4v) is 2.10. The van der Waals surface area contributed by atoms with Gasteiger partial charge in [0.2, 0.25) is 0 Å². The van der Waals surface area contributed by atoms with Crippen LogP contribution >= 0.6 is 0 Å². The van der Waals surface area contributed by atoms with Gasteiger partial charge >= 0.3 is 0 Å². The Morgan fingerprint density at radius 1 is 0.889 bits per heavy atom. The Labute approximate surface area is 110 Å². The summed E-state index contributed by atoms with van der Waals surface area (Å²) in [4.78, 5) is 2.08. The summed E-state index contributed by atoms with van der Waals surface area (Å²) in [6.07, 6.45) is 0. The molecular weight excluding hydrogens is 226 g/mol. The highest BCUT2D eigenvalue weighted by Gasteiger charge is 2.23. The van der Waals surface area contributed by atoms with Gasteiger partial charge in [0.15, 0.2) is 0 Å². The third-order valence-electron chi connectivity index (χ3n) is 2.47. The zero-order chi connectivity index (χ0) is 13.8. The van der Waals surface area contributed by atoms with Crippen molar-refractivity contribution < 1.29 is 10.2 Å². The van der Waals surface area contributed by atoms with E-state index >= 15 is 0 Å². The molecule has 0 aromatic heterocycles. The second-order valence-corrected chi connectivity index (χ2v) is 6.26. The predicted octanol–water partition coefficient (Wildman–Crippen LogP) is 2.03. The molecular formula is C15H25NO2. The molecule has 0 aliphatic carbocycles. The van der Waals surface area contributed by atoms with Crippen LogP contribution < -0.4 is 0 Å². The van der Waals surface area contributed by atoms with Gasteiger partial charge in [-0.1, -0.05) is 30.3 Å². The Kier molecular flexibility index (Phi) is 4.91. The molecule has 0 aliphatic heterocycles. The van der Waals surface area contributed by atoms with Gasteiger partial charge in [0.1, 0.15) is 0 Å². The number of rotatable bonds is 6. The topological polar surface area (TPSA) is 43.7 Å². The van der Waals surface area contributed by atoms with Crippen molar-refractivity contribution in [2.75, 3.05) is 13.1 Å². The normalized spacial score (nSPS) is 13.1. The molecule has 1 aromatic rings. The molecule has 1 rings (SSSR count). The van der Waals surface area contributed by atoms with Crippen LogP contribution in [0.4, 0.5) is 0 Å². The Hall–Kier alpha value is -0.900. The first-order chi connectivity index (χ1) is 8.16. The Balaban J connectivity index is 2.72. The first kappa shape index (κ1) is 15.2. The van der Waals surface area contributed by atoms with Gasteiger partial charge < -0.3 is 10.2 Å². The first-order valence-corrected chi connectivity index (χ1v) is 6.37. The SMILES string of the molecule is CC(C)(O)CN(Cc1ccccc1)CC(C)(C)O. The van der Waals surface area contributed by atoms with E-state index in [1.54, 1.807) is 27.7 Å². The van der Waals surface area contributed by atoms with Gasteiger partial charge in [0.25, 0.3) is 0 Å². The fourth-order valence-electron chi connectivity index (χ4n) is 2.10. The fraction of sp³-hybridized carbons (Fsp3) is 0.600. The van der Waals surface area contributed by atoms with Crippen molar-refractivity contribution in [3.63, 3.8) is 0 Å². The van der Waals surface area contributed by atoms with Crippen molar-refractivity contribution in [1.82, 2.24) is 4.90 Å². The van der Waals surface area contributed by atoms with Crippen LogP contribution in [-0.2, 0) is 6.54 Å². The third kappa shape index (κ3) is 6.74. The monoisotopic (exact) mass is 251 g/mol. The lowest BCUT2D eigenvalue weighted by atomic mass is 10.0. The minimum atomic E-state index is -0.764. The summed E-state index contributed by atoms with van der Waals surface area (Å²) >= 11 is 0. The summed E-state index contributed by atoms with van der Waals surface area (Å²) in [7, 11) is 0. The summed E-state index contributed by atoms with van der Waals surface area (Å²) in [5, 5.41) is 19.9. The van der Waals surface area contributed by atoms with Gasteiger partial charge in [-0.25, -0.2) is 0 Å². The summed E-state index contributed by atoms with van der Waals surface area (Å²) in [6, 6.07) is 10.1. The lowest BCUT2D eigenvalue weighted by Gasteiger charge is -2.33. The van der Waals surface area contributed by atoms with Crippen molar-refractivity contribution in [1.29, 1.82) is 0 Å². The van der Waals surface area contributed by atoms with E-state index in [2.05, 4.69) is 17.0 Å². The minimum Gasteiger partial charge on any atom is -0.389 e. The lowest BCUT2D eigenvalue weighted by molar-refractivity contribution is -0.0105. The van der Waals surface area contributed by atoms with E-state index in [0.29, 0.717) is 13.1 Å². The number of benzene rings is 1. The van der Waals surface area contributed by atoms with Crippen LogP contribution in [0.2, 0.25) is 0 Å². The summed E-state index contributed by atoms with van der Waals surface area (Å²) in [5.41, 5.74) is -0.342. The van der Waals surface area contributed by atoms with Crippen molar-refractivity contribution >= 4 is 0 Å². The molecule has 18 heavy (non-hydrogen) atoms. The van der Waals surface area contributed by atoms with Gasteiger partial charge in [-0.05, 0) is 33.3 Å². The Morgan fingerprint density at radius 2 is 1.33 bits per heavy atom. The van der Waals surface area contributed by atoms with E-state index < -0.39 is 11.2 Å². The van der Waals surface area contributed by atoms with Crippen molar-refractivity contribution in [3.8, 4) is 0 Å². The van der Waals surface area contributed by atoms with Gasteiger partial charge in [0.05, 0.1) is 11.2 Å². The molecule has 3 heteroatoms. The van der Waals surface area contributed by atoms with Crippen molar-refractivity contribution in [3.05, 3.63) is 35.9 Å². The molecule has 102 valence electrons. The molecule has 2 N–H and O–H groups in total. The van der Waals surface area contributed by atoms with E-state index in [-0.39, 0.29) is 0 Å². The standard InChI is InChI=1S/C15H25NO2/c1-14(2,17)11-16(12-15(3,4)18)10-13-8-6-5-7-9-13/h5-9,17-18H,10-12H2,1-4H3. The summed E-state index contributed by atoms with van der Waals surface area (Å²) in [6.45, 7) is 8.95. The number of hydrogen-bond acceptors (Lipinski definition) is 3. The molecule has 0 saturated heterocycles. The zero-order valence-corrected chi connectivity index (χ0v) is 11.8. The molecule has 0 radical (unpaired) electrons. The van der Waals surface area contributed by atoms with Gasteiger partial charge in [-0.15, -0.1) is 0 Å². The average Bonchev–Trinajstić information content (AvgIpc) is 2.13. The van der Waals surface area contributed by atoms with Crippen molar-refractivity contribution in [2.24, 2.45) is 0 Å². The molecule has 0 spiro atoms. The van der Waals surface area contributed by atoms with E-state index in [0.717, 1.165) is 6.54 Å². The van der Waals surface area contributed by atoms with E-state index in [1.807, 2.05) is 18.2 Å². The van der Waals surface area contributed by atoms with Crippen LogP contribution in [0.1, 0.15) is 33.3 Å². The molecule has 0 aliphatic rings. The molecule has 0 unspecified atom stereocenters. The number of aliphatic hydroxyl groups is 2. The smallest absolute Gasteiger partial charge is 0.0718 e. The minimum absolute atomic E-state index is 0.534. The molecule has 1 aromatic carbocycles. The summed E-state index contributed by atoms with van der Waals surface area (Å²) in [5.74, 6) is 0. The van der Waals surface area contributed by atoms with Crippen LogP contribution in [0.25, 0.3) is 0 Å². The van der Waals surface area contributed by atoms with Crippen molar-refractivity contribution in [2.45, 2.75) is 45.4 Å². The number of hydrogen-bond donors (Lipinski definition) is 2. The van der Waals surface area contributed by atoms with E-state index in [9.17, 15) is 10.2 Å². The second kappa shape index (κ2) is 5.83. The first-order valence-electron chi connectivity index (χ1n) is 6.37. The van der Waals surface area contributed by atoms with Gasteiger partial charge in [-0.2, -0.15) is 0 Å². The van der Waals surface area contributed by atoms with Crippen LogP contribution in [0, 0.1) is 0 Å². The van der Waals surface area contributed by atoms with Gasteiger partial charge in [-0.3, -0.25) is 4.90 Å². The van der Waals surface area contributed by atoms with Gasteiger partial charge in [0, 0.05) is 19.6 Å². The quantitative estimate of drug-likeness (QED) is 0.813. The Bertz CT molecular complexity index is 333. The third-order valence-corrected chi connectivity index (χ3v) is 2.47. The van der Waals surface area contributed by atoms with E-state index in [1.165, 1.54) is 5.56 Å². The maximum Gasteiger partial charge on any atom is 0.0718 e. The zero-order valence-electron chi connectivity index (χ0n) is 11.8. The molecule has 0 heterocycles. The molecule has 0 bridgehead atoms. The highest BCUT2D eigenvalue weighted by atomic mass is 16.3. The maximum atomic E-state index is 9.94. The lowest BCUT2D eigenvalue weighted by Crippen LogP contribution is -2.45. The largest absolute Gasteiger partial charge is 0.389 e. The molecule has 0 amide bonds. The van der Waals surface area contributed by atoms with Crippen LogP contribution in [0.3, 0.4) is 0 Å². The molecule has 3 nitrogen and oxygen atoms in total. The molecule has 0 fully saturated rings. The van der Waals surface area contributed by atoms with E-state index in [4.69, 9.17) is 0 Å². The summed E-state index contributed by atoms with van der Waals surface area (Å²) < 4.78 is 0. The molecule has 0 saturated carbocycles. The average molecular weight is 251 g/mol. The van der Waals surface area contributed by atoms with Crippen LogP contribution in [0.15, 0.2) is 30.3 Å². The molecule has 0 atom stereocenters. The highest BCUT2D eigenvalue weighted by molar-refractivity contribution is 5.14.